The van der Waals surface area contributed by atoms with Crippen LogP contribution in [-0.2, 0) is 6.42 Å². The van der Waals surface area contributed by atoms with Gasteiger partial charge in [0.2, 0.25) is 0 Å². The second-order valence-corrected chi connectivity index (χ2v) is 5.95. The Morgan fingerprint density at radius 2 is 2.24 bits per heavy atom. The lowest BCUT2D eigenvalue weighted by atomic mass is 9.69. The summed E-state index contributed by atoms with van der Waals surface area (Å²) in [5.41, 5.74) is 7.42. The summed E-state index contributed by atoms with van der Waals surface area (Å²) in [6.07, 6.45) is 6.28. The lowest BCUT2D eigenvalue weighted by Gasteiger charge is -2.37. The van der Waals surface area contributed by atoms with Crippen LogP contribution in [0, 0.1) is 23.1 Å². The zero-order valence-corrected chi connectivity index (χ0v) is 10.2. The van der Waals surface area contributed by atoms with Gasteiger partial charge in [0.1, 0.15) is 5.82 Å². The number of hydrogen-bond acceptors (Lipinski definition) is 1. The highest BCUT2D eigenvalue weighted by Gasteiger charge is 2.49. The standard InChI is InChI=1S/C15H20FN/c16-14-3-1-2-11(7-14)8-15(10-17)9-12-4-5-13(15)6-12/h1-3,7,12-13H,4-6,8-10,17H2. The van der Waals surface area contributed by atoms with Gasteiger partial charge in [-0.2, -0.15) is 0 Å². The minimum atomic E-state index is -0.127. The molecule has 0 amide bonds. The van der Waals surface area contributed by atoms with Crippen LogP contribution in [0.15, 0.2) is 24.3 Å². The maximum absolute atomic E-state index is 13.2. The van der Waals surface area contributed by atoms with Crippen molar-refractivity contribution in [1.82, 2.24) is 0 Å². The second-order valence-electron chi connectivity index (χ2n) is 5.95. The topological polar surface area (TPSA) is 26.0 Å². The average molecular weight is 233 g/mol. The zero-order chi connectivity index (χ0) is 11.9. The van der Waals surface area contributed by atoms with Gasteiger partial charge in [0.25, 0.3) is 0 Å². The molecule has 3 unspecified atom stereocenters. The van der Waals surface area contributed by atoms with Gasteiger partial charge in [0, 0.05) is 0 Å². The average Bonchev–Trinajstić information content (AvgIpc) is 2.89. The SMILES string of the molecule is NCC1(Cc2cccc(F)c2)CC2CCC1C2. The fraction of sp³-hybridized carbons (Fsp3) is 0.600. The summed E-state index contributed by atoms with van der Waals surface area (Å²) >= 11 is 0. The van der Waals surface area contributed by atoms with E-state index >= 15 is 0 Å². The first kappa shape index (κ1) is 11.2. The molecule has 3 rings (SSSR count). The Hall–Kier alpha value is -0.890. The summed E-state index contributed by atoms with van der Waals surface area (Å²) in [5.74, 6) is 1.54. The Morgan fingerprint density at radius 1 is 1.35 bits per heavy atom. The highest BCUT2D eigenvalue weighted by atomic mass is 19.1. The molecule has 17 heavy (non-hydrogen) atoms. The van der Waals surface area contributed by atoms with Crippen molar-refractivity contribution in [2.45, 2.75) is 32.1 Å². The van der Waals surface area contributed by atoms with E-state index in [1.54, 1.807) is 6.07 Å². The summed E-state index contributed by atoms with van der Waals surface area (Å²) in [6.45, 7) is 0.755. The molecule has 0 aliphatic heterocycles. The second kappa shape index (κ2) is 4.09. The van der Waals surface area contributed by atoms with Gasteiger partial charge in [-0.05, 0) is 67.2 Å². The molecule has 3 atom stereocenters. The van der Waals surface area contributed by atoms with Crippen molar-refractivity contribution >= 4 is 0 Å². The molecular formula is C15H20FN. The molecule has 1 aromatic rings. The maximum atomic E-state index is 13.2. The molecule has 2 heteroatoms. The molecule has 1 nitrogen and oxygen atoms in total. The van der Waals surface area contributed by atoms with Gasteiger partial charge in [0.15, 0.2) is 0 Å². The summed E-state index contributed by atoms with van der Waals surface area (Å²) in [6, 6.07) is 7.03. The van der Waals surface area contributed by atoms with Gasteiger partial charge in [0.05, 0.1) is 0 Å². The lowest BCUT2D eigenvalue weighted by Crippen LogP contribution is -2.37. The Morgan fingerprint density at radius 3 is 2.82 bits per heavy atom. The molecule has 2 fully saturated rings. The number of halogens is 1. The van der Waals surface area contributed by atoms with Gasteiger partial charge >= 0.3 is 0 Å². The van der Waals surface area contributed by atoms with Crippen LogP contribution < -0.4 is 5.73 Å². The van der Waals surface area contributed by atoms with Crippen LogP contribution in [0.3, 0.4) is 0 Å². The van der Waals surface area contributed by atoms with Crippen molar-refractivity contribution < 1.29 is 4.39 Å². The highest BCUT2D eigenvalue weighted by Crippen LogP contribution is 2.56. The largest absolute Gasteiger partial charge is 0.330 e. The van der Waals surface area contributed by atoms with E-state index < -0.39 is 0 Å². The molecule has 2 bridgehead atoms. The monoisotopic (exact) mass is 233 g/mol. The highest BCUT2D eigenvalue weighted by molar-refractivity contribution is 5.20. The van der Waals surface area contributed by atoms with Gasteiger partial charge < -0.3 is 5.73 Å². The summed E-state index contributed by atoms with van der Waals surface area (Å²) in [7, 11) is 0. The molecule has 2 aliphatic rings. The van der Waals surface area contributed by atoms with E-state index in [1.165, 1.54) is 31.7 Å². The van der Waals surface area contributed by atoms with E-state index in [4.69, 9.17) is 5.73 Å². The van der Waals surface area contributed by atoms with E-state index in [0.29, 0.717) is 0 Å². The van der Waals surface area contributed by atoms with Gasteiger partial charge in [-0.15, -0.1) is 0 Å². The van der Waals surface area contributed by atoms with Gasteiger partial charge in [-0.1, -0.05) is 18.6 Å². The molecule has 0 saturated heterocycles. The van der Waals surface area contributed by atoms with Crippen LogP contribution in [0.25, 0.3) is 0 Å². The third-order valence-corrected chi connectivity index (χ3v) is 4.95. The quantitative estimate of drug-likeness (QED) is 0.852. The first-order chi connectivity index (χ1) is 8.22. The first-order valence-electron chi connectivity index (χ1n) is 6.66. The van der Waals surface area contributed by atoms with Crippen molar-refractivity contribution in [2.24, 2.45) is 23.0 Å². The van der Waals surface area contributed by atoms with E-state index in [-0.39, 0.29) is 11.2 Å². The van der Waals surface area contributed by atoms with Crippen LogP contribution in [0.5, 0.6) is 0 Å². The normalized spacial score (nSPS) is 35.4. The maximum Gasteiger partial charge on any atom is 0.123 e. The fourth-order valence-electron chi connectivity index (χ4n) is 4.15. The van der Waals surface area contributed by atoms with E-state index in [9.17, 15) is 4.39 Å². The first-order valence-corrected chi connectivity index (χ1v) is 6.66. The van der Waals surface area contributed by atoms with Gasteiger partial charge in [-0.3, -0.25) is 0 Å². The molecule has 92 valence electrons. The lowest BCUT2D eigenvalue weighted by molar-refractivity contribution is 0.171. The summed E-state index contributed by atoms with van der Waals surface area (Å²) in [4.78, 5) is 0. The van der Waals surface area contributed by atoms with Crippen LogP contribution in [0.2, 0.25) is 0 Å². The molecule has 0 heterocycles. The minimum absolute atomic E-state index is 0.127. The van der Waals surface area contributed by atoms with Gasteiger partial charge in [-0.25, -0.2) is 4.39 Å². The number of rotatable bonds is 3. The van der Waals surface area contributed by atoms with Crippen LogP contribution >= 0.6 is 0 Å². The van der Waals surface area contributed by atoms with Crippen molar-refractivity contribution in [2.75, 3.05) is 6.54 Å². The van der Waals surface area contributed by atoms with Crippen molar-refractivity contribution in [3.63, 3.8) is 0 Å². The number of hydrogen-bond donors (Lipinski definition) is 1. The molecule has 0 spiro atoms. The Bertz CT molecular complexity index is 417. The molecule has 1 aromatic carbocycles. The van der Waals surface area contributed by atoms with Crippen LogP contribution in [0.4, 0.5) is 4.39 Å². The fourth-order valence-corrected chi connectivity index (χ4v) is 4.15. The van der Waals surface area contributed by atoms with Crippen LogP contribution in [0.1, 0.15) is 31.2 Å². The molecule has 2 N–H and O–H groups in total. The van der Waals surface area contributed by atoms with Crippen molar-refractivity contribution in [3.05, 3.63) is 35.6 Å². The Labute approximate surface area is 102 Å². The van der Waals surface area contributed by atoms with E-state index in [1.807, 2.05) is 12.1 Å². The molecule has 2 saturated carbocycles. The third kappa shape index (κ3) is 1.89. The number of benzene rings is 1. The minimum Gasteiger partial charge on any atom is -0.330 e. The van der Waals surface area contributed by atoms with Crippen LogP contribution in [-0.4, -0.2) is 6.54 Å². The number of nitrogens with two attached hydrogens (primary N) is 1. The zero-order valence-electron chi connectivity index (χ0n) is 10.2. The predicted octanol–water partition coefficient (Wildman–Crippen LogP) is 3.13. The Balaban J connectivity index is 1.83. The van der Waals surface area contributed by atoms with E-state index in [0.717, 1.165) is 30.4 Å². The number of fused-ring (bicyclic) bond motifs is 2. The smallest absolute Gasteiger partial charge is 0.123 e. The van der Waals surface area contributed by atoms with Crippen molar-refractivity contribution in [3.8, 4) is 0 Å². The Kier molecular flexibility index (Phi) is 2.70. The van der Waals surface area contributed by atoms with Crippen molar-refractivity contribution in [1.29, 1.82) is 0 Å². The predicted molar refractivity (Wildman–Crippen MR) is 67.0 cm³/mol. The summed E-state index contributed by atoms with van der Waals surface area (Å²) < 4.78 is 13.2. The summed E-state index contributed by atoms with van der Waals surface area (Å²) in [5, 5.41) is 0. The third-order valence-electron chi connectivity index (χ3n) is 4.95. The molecule has 0 aromatic heterocycles. The molecular weight excluding hydrogens is 213 g/mol. The molecule has 0 radical (unpaired) electrons. The van der Waals surface area contributed by atoms with E-state index in [2.05, 4.69) is 0 Å². The molecule has 2 aliphatic carbocycles.